The van der Waals surface area contributed by atoms with Gasteiger partial charge in [0.25, 0.3) is 0 Å². The van der Waals surface area contributed by atoms with Crippen LogP contribution in [0.3, 0.4) is 0 Å². The zero-order valence-corrected chi connectivity index (χ0v) is 13.7. The molecule has 114 valence electrons. The SMILES string of the molecule is Clc1ccc2c(C(c3cccs3)N3CCOCC3)c[nH]c2c1. The Kier molecular flexibility index (Phi) is 3.92. The number of thiophene rings is 1. The van der Waals surface area contributed by atoms with E-state index in [0.717, 1.165) is 36.8 Å². The van der Waals surface area contributed by atoms with E-state index in [2.05, 4.69) is 39.7 Å². The third kappa shape index (κ3) is 2.57. The van der Waals surface area contributed by atoms with Crippen molar-refractivity contribution in [1.82, 2.24) is 9.88 Å². The average Bonchev–Trinajstić information content (AvgIpc) is 3.19. The minimum atomic E-state index is 0.277. The summed E-state index contributed by atoms with van der Waals surface area (Å²) < 4.78 is 5.52. The number of morpholine rings is 1. The standard InChI is InChI=1S/C17H17ClN2OS/c18-12-3-4-13-14(11-19-15(13)10-12)17(16-2-1-9-22-16)20-5-7-21-8-6-20/h1-4,9-11,17,19H,5-8H2. The van der Waals surface area contributed by atoms with Crippen LogP contribution >= 0.6 is 22.9 Å². The van der Waals surface area contributed by atoms with Gasteiger partial charge in [0.2, 0.25) is 0 Å². The lowest BCUT2D eigenvalue weighted by Crippen LogP contribution is -2.39. The smallest absolute Gasteiger partial charge is 0.0718 e. The molecule has 0 saturated carbocycles. The lowest BCUT2D eigenvalue weighted by atomic mass is 10.0. The summed E-state index contributed by atoms with van der Waals surface area (Å²) in [5, 5.41) is 4.16. The number of nitrogens with one attached hydrogen (secondary N) is 1. The summed E-state index contributed by atoms with van der Waals surface area (Å²) >= 11 is 7.92. The molecule has 1 atom stereocenters. The molecule has 1 saturated heterocycles. The summed E-state index contributed by atoms with van der Waals surface area (Å²) in [6.45, 7) is 3.53. The number of rotatable bonds is 3. The van der Waals surface area contributed by atoms with Crippen LogP contribution in [0.5, 0.6) is 0 Å². The summed E-state index contributed by atoms with van der Waals surface area (Å²) in [5.41, 5.74) is 2.41. The summed E-state index contributed by atoms with van der Waals surface area (Å²) in [5.74, 6) is 0. The number of aromatic amines is 1. The van der Waals surface area contributed by atoms with Crippen LogP contribution in [0.4, 0.5) is 0 Å². The quantitative estimate of drug-likeness (QED) is 0.774. The van der Waals surface area contributed by atoms with E-state index in [1.54, 1.807) is 0 Å². The molecule has 5 heteroatoms. The van der Waals surface area contributed by atoms with Crippen molar-refractivity contribution in [3.05, 3.63) is 57.4 Å². The van der Waals surface area contributed by atoms with Gasteiger partial charge in [-0.1, -0.05) is 23.7 Å². The lowest BCUT2D eigenvalue weighted by molar-refractivity contribution is 0.0248. The van der Waals surface area contributed by atoms with Crippen LogP contribution < -0.4 is 0 Å². The van der Waals surface area contributed by atoms with Gasteiger partial charge in [0, 0.05) is 40.1 Å². The minimum Gasteiger partial charge on any atom is -0.379 e. The van der Waals surface area contributed by atoms with E-state index in [0.29, 0.717) is 0 Å². The number of nitrogens with zero attached hydrogens (tertiary/aromatic N) is 1. The molecular formula is C17H17ClN2OS. The monoisotopic (exact) mass is 332 g/mol. The maximum atomic E-state index is 6.11. The molecule has 1 aromatic carbocycles. The Balaban J connectivity index is 1.82. The van der Waals surface area contributed by atoms with E-state index < -0.39 is 0 Å². The zero-order valence-electron chi connectivity index (χ0n) is 12.1. The molecule has 3 heterocycles. The number of halogens is 1. The molecule has 1 aliphatic heterocycles. The second-order valence-electron chi connectivity index (χ2n) is 5.50. The molecule has 3 nitrogen and oxygen atoms in total. The van der Waals surface area contributed by atoms with Gasteiger partial charge in [0.1, 0.15) is 0 Å². The van der Waals surface area contributed by atoms with Gasteiger partial charge in [-0.05, 0) is 29.1 Å². The van der Waals surface area contributed by atoms with Crippen molar-refractivity contribution in [3.8, 4) is 0 Å². The molecule has 0 amide bonds. The Labute approximate surface area is 138 Å². The van der Waals surface area contributed by atoms with Gasteiger partial charge in [0.05, 0.1) is 19.3 Å². The van der Waals surface area contributed by atoms with Gasteiger partial charge in [-0.2, -0.15) is 0 Å². The Morgan fingerprint density at radius 1 is 1.23 bits per heavy atom. The fraction of sp³-hybridized carbons (Fsp3) is 0.294. The van der Waals surface area contributed by atoms with Crippen LogP contribution in [0.25, 0.3) is 10.9 Å². The molecule has 4 rings (SSSR count). The van der Waals surface area contributed by atoms with Crippen molar-refractivity contribution in [1.29, 1.82) is 0 Å². The van der Waals surface area contributed by atoms with E-state index in [9.17, 15) is 0 Å². The molecule has 0 radical (unpaired) electrons. The van der Waals surface area contributed by atoms with Crippen molar-refractivity contribution in [2.24, 2.45) is 0 Å². The van der Waals surface area contributed by atoms with Crippen LogP contribution in [0, 0.1) is 0 Å². The van der Waals surface area contributed by atoms with E-state index in [-0.39, 0.29) is 6.04 Å². The third-order valence-corrected chi connectivity index (χ3v) is 5.35. The number of hydrogen-bond acceptors (Lipinski definition) is 3. The molecule has 2 aromatic heterocycles. The van der Waals surface area contributed by atoms with Gasteiger partial charge < -0.3 is 9.72 Å². The zero-order chi connectivity index (χ0) is 14.9. The number of benzene rings is 1. The first kappa shape index (κ1) is 14.3. The van der Waals surface area contributed by atoms with Gasteiger partial charge in [-0.15, -0.1) is 11.3 Å². The average molecular weight is 333 g/mol. The highest BCUT2D eigenvalue weighted by Gasteiger charge is 2.27. The largest absolute Gasteiger partial charge is 0.379 e. The van der Waals surface area contributed by atoms with Crippen LogP contribution in [0.15, 0.2) is 41.9 Å². The molecule has 0 aliphatic carbocycles. The van der Waals surface area contributed by atoms with Crippen LogP contribution in [-0.2, 0) is 4.74 Å². The van der Waals surface area contributed by atoms with E-state index in [1.165, 1.54) is 15.8 Å². The predicted octanol–water partition coefficient (Wildman–Crippen LogP) is 4.30. The summed E-state index contributed by atoms with van der Waals surface area (Å²) in [7, 11) is 0. The molecule has 0 bridgehead atoms. The molecule has 3 aromatic rings. The Hall–Kier alpha value is -1.33. The number of H-pyrrole nitrogens is 1. The van der Waals surface area contributed by atoms with E-state index >= 15 is 0 Å². The molecule has 1 fully saturated rings. The highest BCUT2D eigenvalue weighted by atomic mass is 35.5. The summed E-state index contributed by atoms with van der Waals surface area (Å²) in [4.78, 5) is 7.25. The van der Waals surface area contributed by atoms with Gasteiger partial charge in [-0.25, -0.2) is 0 Å². The van der Waals surface area contributed by atoms with Crippen molar-refractivity contribution >= 4 is 33.8 Å². The molecule has 1 aliphatic rings. The maximum absolute atomic E-state index is 6.11. The summed E-state index contributed by atoms with van der Waals surface area (Å²) in [6, 6.07) is 10.7. The lowest BCUT2D eigenvalue weighted by Gasteiger charge is -2.34. The fourth-order valence-electron chi connectivity index (χ4n) is 3.16. The molecular weight excluding hydrogens is 316 g/mol. The highest BCUT2D eigenvalue weighted by molar-refractivity contribution is 7.10. The normalized spacial score (nSPS) is 17.9. The minimum absolute atomic E-state index is 0.277. The van der Waals surface area contributed by atoms with Crippen molar-refractivity contribution in [3.63, 3.8) is 0 Å². The Morgan fingerprint density at radius 2 is 2.09 bits per heavy atom. The Morgan fingerprint density at radius 3 is 2.86 bits per heavy atom. The van der Waals surface area contributed by atoms with E-state index in [4.69, 9.17) is 16.3 Å². The van der Waals surface area contributed by atoms with E-state index in [1.807, 2.05) is 23.5 Å². The first-order valence-corrected chi connectivity index (χ1v) is 8.70. The summed E-state index contributed by atoms with van der Waals surface area (Å²) in [6.07, 6.45) is 2.13. The Bertz CT molecular complexity index is 762. The second-order valence-corrected chi connectivity index (χ2v) is 6.92. The third-order valence-electron chi connectivity index (χ3n) is 4.19. The van der Waals surface area contributed by atoms with Crippen molar-refractivity contribution in [2.75, 3.05) is 26.3 Å². The number of aromatic nitrogens is 1. The first-order valence-electron chi connectivity index (χ1n) is 7.44. The second kappa shape index (κ2) is 6.05. The molecule has 1 N–H and O–H groups in total. The van der Waals surface area contributed by atoms with Crippen molar-refractivity contribution < 1.29 is 4.74 Å². The van der Waals surface area contributed by atoms with Gasteiger partial charge in [0.15, 0.2) is 0 Å². The maximum Gasteiger partial charge on any atom is 0.0718 e. The fourth-order valence-corrected chi connectivity index (χ4v) is 4.21. The van der Waals surface area contributed by atoms with Crippen LogP contribution in [-0.4, -0.2) is 36.2 Å². The van der Waals surface area contributed by atoms with Gasteiger partial charge in [-0.3, -0.25) is 4.90 Å². The predicted molar refractivity (Wildman–Crippen MR) is 91.9 cm³/mol. The topological polar surface area (TPSA) is 28.3 Å². The van der Waals surface area contributed by atoms with Crippen LogP contribution in [0.2, 0.25) is 5.02 Å². The highest BCUT2D eigenvalue weighted by Crippen LogP contribution is 2.36. The van der Waals surface area contributed by atoms with Crippen LogP contribution in [0.1, 0.15) is 16.5 Å². The van der Waals surface area contributed by atoms with Crippen molar-refractivity contribution in [2.45, 2.75) is 6.04 Å². The number of ether oxygens (including phenoxy) is 1. The molecule has 0 spiro atoms. The molecule has 22 heavy (non-hydrogen) atoms. The molecule has 1 unspecified atom stereocenters. The van der Waals surface area contributed by atoms with Gasteiger partial charge >= 0.3 is 0 Å². The number of hydrogen-bond donors (Lipinski definition) is 1. The first-order chi connectivity index (χ1) is 10.8. The number of fused-ring (bicyclic) bond motifs is 1.